The third kappa shape index (κ3) is 6.09. The maximum absolute atomic E-state index is 5.72. The Morgan fingerprint density at radius 3 is 1.70 bits per heavy atom. The highest BCUT2D eigenvalue weighted by molar-refractivity contribution is 7.22. The largest absolute Gasteiger partial charge is 0.309 e. The Kier molecular flexibility index (Phi) is 8.84. The van der Waals surface area contributed by atoms with Gasteiger partial charge in [-0.15, -0.1) is 11.3 Å². The molecule has 0 radical (unpaired) electrons. The quantitative estimate of drug-likeness (QED) is 0.167. The van der Waals surface area contributed by atoms with E-state index >= 15 is 0 Å². The molecule has 0 aliphatic carbocycles. The van der Waals surface area contributed by atoms with Gasteiger partial charge in [0.2, 0.25) is 5.95 Å². The summed E-state index contributed by atoms with van der Waals surface area (Å²) in [6.07, 6.45) is 0. The van der Waals surface area contributed by atoms with Crippen LogP contribution in [0.15, 0.2) is 249 Å². The molecule has 0 saturated heterocycles. The molecule has 0 N–H and O–H groups in total. The normalized spacial score (nSPS) is 12.1. The zero-order valence-corrected chi connectivity index (χ0v) is 40.6. The van der Waals surface area contributed by atoms with Crippen molar-refractivity contribution in [2.24, 2.45) is 0 Å². The first-order valence-electron chi connectivity index (χ1n) is 25.1. The Hall–Kier alpha value is -9.62. The molecule has 344 valence electrons. The zero-order chi connectivity index (χ0) is 48.4. The van der Waals surface area contributed by atoms with Crippen LogP contribution in [-0.4, -0.2) is 23.7 Å². The third-order valence-electron chi connectivity index (χ3n) is 15.2. The summed E-state index contributed by atoms with van der Waals surface area (Å²) >= 11 is 1.76. The number of fused-ring (bicyclic) bond motifs is 13. The third-order valence-corrected chi connectivity index (χ3v) is 16.4. The van der Waals surface area contributed by atoms with E-state index in [1.54, 1.807) is 11.3 Å². The summed E-state index contributed by atoms with van der Waals surface area (Å²) < 4.78 is 8.19. The van der Waals surface area contributed by atoms with Crippen LogP contribution in [0.5, 0.6) is 0 Å². The van der Waals surface area contributed by atoms with Crippen LogP contribution in [-0.2, 0) is 0 Å². The van der Waals surface area contributed by atoms with E-state index in [2.05, 4.69) is 262 Å². The van der Waals surface area contributed by atoms with E-state index in [-0.39, 0.29) is 0 Å². The van der Waals surface area contributed by atoms with Crippen LogP contribution >= 0.6 is 11.3 Å². The first kappa shape index (κ1) is 41.0. The van der Waals surface area contributed by atoms with E-state index in [1.165, 1.54) is 59.8 Å². The van der Waals surface area contributed by atoms with Gasteiger partial charge in [0.25, 0.3) is 0 Å². The van der Waals surface area contributed by atoms with Gasteiger partial charge in [-0.05, 0) is 112 Å². The minimum atomic E-state index is 0.637. The van der Waals surface area contributed by atoms with Gasteiger partial charge in [0.05, 0.1) is 49.0 Å². The van der Waals surface area contributed by atoms with Crippen LogP contribution in [0.1, 0.15) is 0 Å². The molecule has 0 spiro atoms. The number of hydrogen-bond donors (Lipinski definition) is 0. The Morgan fingerprint density at radius 2 is 0.905 bits per heavy atom. The summed E-state index contributed by atoms with van der Waals surface area (Å²) in [7, 11) is 0. The lowest BCUT2D eigenvalue weighted by molar-refractivity contribution is 1.02. The van der Waals surface area contributed by atoms with Crippen LogP contribution < -0.4 is 0 Å². The Balaban J connectivity index is 0.962. The fraction of sp³-hybridized carbons (Fsp3) is 0. The molecule has 16 aromatic rings. The second kappa shape index (κ2) is 15.9. The monoisotopic (exact) mass is 959 g/mol. The molecule has 5 nitrogen and oxygen atoms in total. The van der Waals surface area contributed by atoms with Gasteiger partial charge in [-0.25, -0.2) is 9.97 Å². The average molecular weight is 960 g/mol. The predicted molar refractivity (Wildman–Crippen MR) is 312 cm³/mol. The molecule has 16 rings (SSSR count). The van der Waals surface area contributed by atoms with E-state index in [9.17, 15) is 0 Å². The van der Waals surface area contributed by atoms with Crippen molar-refractivity contribution < 1.29 is 0 Å². The second-order valence-corrected chi connectivity index (χ2v) is 20.4. The molecule has 5 aromatic heterocycles. The van der Waals surface area contributed by atoms with Crippen molar-refractivity contribution >= 4 is 109 Å². The van der Waals surface area contributed by atoms with Crippen LogP contribution in [0.2, 0.25) is 0 Å². The first-order valence-corrected chi connectivity index (χ1v) is 26.0. The maximum atomic E-state index is 5.72. The molecule has 0 aliphatic heterocycles. The summed E-state index contributed by atoms with van der Waals surface area (Å²) in [5.74, 6) is 0.637. The SMILES string of the molecule is c1ccc(-c2cc3nc(-n4c5ccc(-c6cccc7c8c9ccccc9ccc8n(-c8ccccc8)c67)cc5c5cc6ccccc6cc54)nc(-c4ccc5c(c4)c4ccccc4n5-c4ccccc4)c3s2)cc1. The van der Waals surface area contributed by atoms with Crippen LogP contribution in [0.4, 0.5) is 0 Å². The Morgan fingerprint density at radius 1 is 0.324 bits per heavy atom. The van der Waals surface area contributed by atoms with Gasteiger partial charge >= 0.3 is 0 Å². The molecule has 0 amide bonds. The Labute approximate surface area is 428 Å². The molecular weight excluding hydrogens is 919 g/mol. The van der Waals surface area contributed by atoms with Gasteiger partial charge in [0.15, 0.2) is 0 Å². The molecule has 0 unspecified atom stereocenters. The predicted octanol–water partition coefficient (Wildman–Crippen LogP) is 18.3. The van der Waals surface area contributed by atoms with Gasteiger partial charge in [-0.1, -0.05) is 170 Å². The number of benzene rings is 11. The van der Waals surface area contributed by atoms with E-state index in [4.69, 9.17) is 9.97 Å². The number of rotatable bonds is 6. The van der Waals surface area contributed by atoms with Crippen LogP contribution in [0.3, 0.4) is 0 Å². The molecule has 74 heavy (non-hydrogen) atoms. The standard InChI is InChI=1S/C68H41N5S/c1-4-18-43(19-5-1)63-41-57-67(74-63)65(47-33-35-59-54(39-47)52-27-14-15-30-58(52)71(59)48-22-6-2-7-23-48)70-68(69-57)73-60-34-32-46(38-55(60)56-37-44-20-10-11-21-45(44)40-62(56)73)51-28-16-29-53-64-50-26-13-12-17-42(50)31-36-61(64)72(66(51)53)49-24-8-3-9-25-49/h1-41H. The van der Waals surface area contributed by atoms with E-state index in [0.717, 1.165) is 81.6 Å². The van der Waals surface area contributed by atoms with E-state index in [1.807, 2.05) is 0 Å². The smallest absolute Gasteiger partial charge is 0.235 e. The summed E-state index contributed by atoms with van der Waals surface area (Å²) in [6.45, 7) is 0. The van der Waals surface area contributed by atoms with Gasteiger partial charge in [0, 0.05) is 59.7 Å². The number of nitrogens with zero attached hydrogens (tertiary/aromatic N) is 5. The summed E-state index contributed by atoms with van der Waals surface area (Å²) in [5.41, 5.74) is 15.4. The topological polar surface area (TPSA) is 40.6 Å². The van der Waals surface area contributed by atoms with Crippen LogP contribution in [0, 0.1) is 0 Å². The van der Waals surface area contributed by atoms with Crippen molar-refractivity contribution in [2.45, 2.75) is 0 Å². The van der Waals surface area contributed by atoms with Gasteiger partial charge in [-0.3, -0.25) is 4.57 Å². The van der Waals surface area contributed by atoms with Crippen molar-refractivity contribution in [1.82, 2.24) is 23.7 Å². The lowest BCUT2D eigenvalue weighted by atomic mass is 9.98. The summed E-state index contributed by atoms with van der Waals surface area (Å²) in [5, 5.41) is 12.0. The molecule has 0 fully saturated rings. The molecule has 11 aromatic carbocycles. The van der Waals surface area contributed by atoms with Crippen molar-refractivity contribution in [2.75, 3.05) is 0 Å². The highest BCUT2D eigenvalue weighted by Gasteiger charge is 2.24. The van der Waals surface area contributed by atoms with E-state index in [0.29, 0.717) is 5.95 Å². The maximum Gasteiger partial charge on any atom is 0.235 e. The zero-order valence-electron chi connectivity index (χ0n) is 39.8. The summed E-state index contributed by atoms with van der Waals surface area (Å²) in [6, 6.07) is 90.4. The number of aromatic nitrogens is 5. The molecule has 0 atom stereocenters. The summed E-state index contributed by atoms with van der Waals surface area (Å²) in [4.78, 5) is 12.4. The fourth-order valence-corrected chi connectivity index (χ4v) is 13.0. The van der Waals surface area contributed by atoms with Crippen LogP contribution in [0.25, 0.3) is 147 Å². The first-order chi connectivity index (χ1) is 36.7. The number of hydrogen-bond acceptors (Lipinski definition) is 3. The molecule has 0 bridgehead atoms. The van der Waals surface area contributed by atoms with Crippen molar-refractivity contribution in [1.29, 1.82) is 0 Å². The highest BCUT2D eigenvalue weighted by Crippen LogP contribution is 2.45. The van der Waals surface area contributed by atoms with Crippen molar-refractivity contribution in [3.63, 3.8) is 0 Å². The Bertz CT molecular complexity index is 4950. The van der Waals surface area contributed by atoms with Gasteiger partial charge in [-0.2, -0.15) is 0 Å². The van der Waals surface area contributed by atoms with E-state index < -0.39 is 0 Å². The lowest BCUT2D eigenvalue weighted by Crippen LogP contribution is -2.02. The fourth-order valence-electron chi connectivity index (χ4n) is 11.9. The molecule has 0 saturated carbocycles. The molecular formula is C68H41N5S. The molecule has 5 heterocycles. The van der Waals surface area contributed by atoms with Crippen molar-refractivity contribution in [3.05, 3.63) is 249 Å². The minimum absolute atomic E-state index is 0.637. The minimum Gasteiger partial charge on any atom is -0.309 e. The second-order valence-electron chi connectivity index (χ2n) is 19.3. The highest BCUT2D eigenvalue weighted by atomic mass is 32.1. The lowest BCUT2D eigenvalue weighted by Gasteiger charge is -2.12. The molecule has 0 aliphatic rings. The number of para-hydroxylation sites is 4. The van der Waals surface area contributed by atoms with Gasteiger partial charge in [0.1, 0.15) is 0 Å². The van der Waals surface area contributed by atoms with Crippen molar-refractivity contribution in [3.8, 4) is 50.1 Å². The number of thiophene rings is 1. The molecule has 6 heteroatoms. The average Bonchev–Trinajstić information content (AvgIpc) is 4.26. The van der Waals surface area contributed by atoms with Gasteiger partial charge < -0.3 is 9.13 Å².